The zero-order chi connectivity index (χ0) is 8.69. The van der Waals surface area contributed by atoms with Gasteiger partial charge >= 0.3 is 0 Å². The molecule has 0 amide bonds. The fraction of sp³-hybridized carbons (Fsp3) is 0.778. The molecule has 1 N–H and O–H groups in total. The molecule has 0 spiro atoms. The van der Waals surface area contributed by atoms with Gasteiger partial charge in [0.15, 0.2) is 0 Å². The summed E-state index contributed by atoms with van der Waals surface area (Å²) in [7, 11) is 1.71. The van der Waals surface area contributed by atoms with Gasteiger partial charge in [-0.05, 0) is 19.8 Å². The Balaban J connectivity index is 3.81. The molecule has 0 aliphatic carbocycles. The molecule has 0 aromatic heterocycles. The van der Waals surface area contributed by atoms with Gasteiger partial charge in [0.2, 0.25) is 0 Å². The molecule has 0 heterocycles. The maximum atomic E-state index is 8.61. The average Bonchev–Trinajstić information content (AvgIpc) is 2.01. The molecule has 2 heteroatoms. The molecule has 66 valence electrons. The van der Waals surface area contributed by atoms with Gasteiger partial charge in [0.25, 0.3) is 0 Å². The Kier molecular flexibility index (Phi) is 6.18. The van der Waals surface area contributed by atoms with Crippen LogP contribution in [0.15, 0.2) is 11.6 Å². The highest BCUT2D eigenvalue weighted by molar-refractivity contribution is 5.01. The molecular formula is C9H18O2. The monoisotopic (exact) mass is 158 g/mol. The third kappa shape index (κ3) is 4.99. The Morgan fingerprint density at radius 2 is 2.27 bits per heavy atom. The highest BCUT2D eigenvalue weighted by Crippen LogP contribution is 2.05. The second kappa shape index (κ2) is 6.38. The van der Waals surface area contributed by atoms with Gasteiger partial charge in [-0.2, -0.15) is 0 Å². The first-order chi connectivity index (χ1) is 5.24. The Morgan fingerprint density at radius 1 is 1.64 bits per heavy atom. The van der Waals surface area contributed by atoms with Crippen LogP contribution in [-0.4, -0.2) is 24.9 Å². The standard InChI is InChI=1S/C9H18O2/c1-4-9(11-3)7-8(2)5-6-10/h7,9-10H,4-6H2,1-3H3/b8-7+. The van der Waals surface area contributed by atoms with E-state index in [0.717, 1.165) is 12.8 Å². The van der Waals surface area contributed by atoms with Crippen LogP contribution < -0.4 is 0 Å². The van der Waals surface area contributed by atoms with Crippen molar-refractivity contribution in [3.05, 3.63) is 11.6 Å². The van der Waals surface area contributed by atoms with Gasteiger partial charge in [0.1, 0.15) is 0 Å². The Hall–Kier alpha value is -0.340. The van der Waals surface area contributed by atoms with Crippen LogP contribution in [0.5, 0.6) is 0 Å². The van der Waals surface area contributed by atoms with E-state index in [4.69, 9.17) is 9.84 Å². The Morgan fingerprint density at radius 3 is 2.64 bits per heavy atom. The third-order valence-corrected chi connectivity index (χ3v) is 1.68. The highest BCUT2D eigenvalue weighted by Gasteiger charge is 1.99. The van der Waals surface area contributed by atoms with E-state index in [9.17, 15) is 0 Å². The topological polar surface area (TPSA) is 29.5 Å². The SMILES string of the molecule is CCC(/C=C(\C)CCO)OC. The van der Waals surface area contributed by atoms with Crippen LogP contribution >= 0.6 is 0 Å². The summed E-state index contributed by atoms with van der Waals surface area (Å²) in [5.41, 5.74) is 1.20. The van der Waals surface area contributed by atoms with E-state index in [2.05, 4.69) is 13.0 Å². The lowest BCUT2D eigenvalue weighted by atomic mass is 10.1. The fourth-order valence-corrected chi connectivity index (χ4v) is 0.930. The van der Waals surface area contributed by atoms with Crippen molar-refractivity contribution in [1.82, 2.24) is 0 Å². The minimum Gasteiger partial charge on any atom is -0.396 e. The van der Waals surface area contributed by atoms with Crippen molar-refractivity contribution in [1.29, 1.82) is 0 Å². The second-order valence-corrected chi connectivity index (χ2v) is 2.67. The van der Waals surface area contributed by atoms with Gasteiger partial charge < -0.3 is 9.84 Å². The molecular weight excluding hydrogens is 140 g/mol. The summed E-state index contributed by atoms with van der Waals surface area (Å²) in [6, 6.07) is 0. The molecule has 0 aliphatic rings. The van der Waals surface area contributed by atoms with E-state index in [-0.39, 0.29) is 12.7 Å². The minimum absolute atomic E-state index is 0.210. The van der Waals surface area contributed by atoms with Crippen molar-refractivity contribution < 1.29 is 9.84 Å². The first kappa shape index (κ1) is 10.7. The molecule has 0 aliphatic heterocycles. The maximum Gasteiger partial charge on any atom is 0.0751 e. The number of aliphatic hydroxyl groups excluding tert-OH is 1. The van der Waals surface area contributed by atoms with E-state index >= 15 is 0 Å². The lowest BCUT2D eigenvalue weighted by Gasteiger charge is -2.08. The molecule has 11 heavy (non-hydrogen) atoms. The summed E-state index contributed by atoms with van der Waals surface area (Å²) in [5.74, 6) is 0. The van der Waals surface area contributed by atoms with Crippen LogP contribution in [0.1, 0.15) is 26.7 Å². The highest BCUT2D eigenvalue weighted by atomic mass is 16.5. The molecule has 0 radical (unpaired) electrons. The third-order valence-electron chi connectivity index (χ3n) is 1.68. The zero-order valence-corrected chi connectivity index (χ0v) is 7.63. The van der Waals surface area contributed by atoms with Crippen LogP contribution in [0.4, 0.5) is 0 Å². The summed E-state index contributed by atoms with van der Waals surface area (Å²) >= 11 is 0. The first-order valence-electron chi connectivity index (χ1n) is 4.05. The van der Waals surface area contributed by atoms with E-state index in [0.29, 0.717) is 0 Å². The lowest BCUT2D eigenvalue weighted by Crippen LogP contribution is -2.05. The maximum absolute atomic E-state index is 8.61. The minimum atomic E-state index is 0.210. The van der Waals surface area contributed by atoms with Crippen LogP contribution in [-0.2, 0) is 4.74 Å². The van der Waals surface area contributed by atoms with E-state index in [1.165, 1.54) is 5.57 Å². The number of aliphatic hydroxyl groups is 1. The number of rotatable bonds is 5. The van der Waals surface area contributed by atoms with Crippen molar-refractivity contribution in [2.75, 3.05) is 13.7 Å². The molecule has 0 aromatic carbocycles. The molecule has 0 saturated carbocycles. The van der Waals surface area contributed by atoms with E-state index < -0.39 is 0 Å². The molecule has 0 aromatic rings. The van der Waals surface area contributed by atoms with Crippen LogP contribution in [0, 0.1) is 0 Å². The molecule has 1 unspecified atom stereocenters. The average molecular weight is 158 g/mol. The lowest BCUT2D eigenvalue weighted by molar-refractivity contribution is 0.137. The van der Waals surface area contributed by atoms with Crippen LogP contribution in [0.25, 0.3) is 0 Å². The molecule has 0 bridgehead atoms. The van der Waals surface area contributed by atoms with Crippen molar-refractivity contribution in [2.24, 2.45) is 0 Å². The summed E-state index contributed by atoms with van der Waals surface area (Å²) < 4.78 is 5.16. The van der Waals surface area contributed by atoms with Crippen molar-refractivity contribution in [3.63, 3.8) is 0 Å². The number of hydrogen-bond donors (Lipinski definition) is 1. The van der Waals surface area contributed by atoms with Crippen LogP contribution in [0.3, 0.4) is 0 Å². The summed E-state index contributed by atoms with van der Waals surface area (Å²) in [5, 5.41) is 8.61. The molecule has 0 fully saturated rings. The van der Waals surface area contributed by atoms with Gasteiger partial charge in [-0.25, -0.2) is 0 Å². The second-order valence-electron chi connectivity index (χ2n) is 2.67. The summed E-state index contributed by atoms with van der Waals surface area (Å²) in [4.78, 5) is 0. The number of ether oxygens (including phenoxy) is 1. The van der Waals surface area contributed by atoms with Gasteiger partial charge in [-0.3, -0.25) is 0 Å². The normalized spacial score (nSPS) is 15.1. The predicted molar refractivity (Wildman–Crippen MR) is 46.5 cm³/mol. The Bertz CT molecular complexity index is 115. The molecule has 2 nitrogen and oxygen atoms in total. The zero-order valence-electron chi connectivity index (χ0n) is 7.63. The largest absolute Gasteiger partial charge is 0.396 e. The first-order valence-corrected chi connectivity index (χ1v) is 4.05. The molecule has 0 rings (SSSR count). The van der Waals surface area contributed by atoms with Crippen molar-refractivity contribution in [2.45, 2.75) is 32.8 Å². The summed E-state index contributed by atoms with van der Waals surface area (Å²) in [6.07, 6.45) is 4.01. The quantitative estimate of drug-likeness (QED) is 0.617. The van der Waals surface area contributed by atoms with Gasteiger partial charge in [-0.15, -0.1) is 0 Å². The number of methoxy groups -OCH3 is 1. The number of hydrogen-bond acceptors (Lipinski definition) is 2. The van der Waals surface area contributed by atoms with Gasteiger partial charge in [0, 0.05) is 13.7 Å². The van der Waals surface area contributed by atoms with E-state index in [1.54, 1.807) is 7.11 Å². The summed E-state index contributed by atoms with van der Waals surface area (Å²) in [6.45, 7) is 4.32. The molecule has 0 saturated heterocycles. The van der Waals surface area contributed by atoms with E-state index in [1.807, 2.05) is 6.92 Å². The predicted octanol–water partition coefficient (Wildman–Crippen LogP) is 1.74. The van der Waals surface area contributed by atoms with Crippen molar-refractivity contribution in [3.8, 4) is 0 Å². The molecule has 1 atom stereocenters. The smallest absolute Gasteiger partial charge is 0.0751 e. The Labute approximate surface area is 68.9 Å². The fourth-order valence-electron chi connectivity index (χ4n) is 0.930. The van der Waals surface area contributed by atoms with Crippen LogP contribution in [0.2, 0.25) is 0 Å². The van der Waals surface area contributed by atoms with Crippen molar-refractivity contribution >= 4 is 0 Å². The van der Waals surface area contributed by atoms with Gasteiger partial charge in [-0.1, -0.05) is 18.6 Å². The van der Waals surface area contributed by atoms with Gasteiger partial charge in [0.05, 0.1) is 6.10 Å².